The number of aromatic nitrogens is 2. The van der Waals surface area contributed by atoms with Crippen LogP contribution in [0.15, 0.2) is 4.42 Å². The zero-order valence-corrected chi connectivity index (χ0v) is 12.0. The van der Waals surface area contributed by atoms with Gasteiger partial charge in [0, 0.05) is 13.1 Å². The van der Waals surface area contributed by atoms with Gasteiger partial charge in [0.1, 0.15) is 0 Å². The quantitative estimate of drug-likeness (QED) is 0.839. The third-order valence-electron chi connectivity index (χ3n) is 3.69. The van der Waals surface area contributed by atoms with Gasteiger partial charge in [-0.05, 0) is 32.2 Å². The lowest BCUT2D eigenvalue weighted by Gasteiger charge is -2.32. The number of anilines is 1. The lowest BCUT2D eigenvalue weighted by molar-refractivity contribution is 0.101. The molecule has 0 aliphatic carbocycles. The van der Waals surface area contributed by atoms with E-state index in [2.05, 4.69) is 29.4 Å². The van der Waals surface area contributed by atoms with Crippen LogP contribution >= 0.6 is 0 Å². The van der Waals surface area contributed by atoms with Crippen molar-refractivity contribution in [1.29, 1.82) is 0 Å². The van der Waals surface area contributed by atoms with Crippen LogP contribution in [-0.2, 0) is 0 Å². The Morgan fingerprint density at radius 1 is 1.53 bits per heavy atom. The van der Waals surface area contributed by atoms with Gasteiger partial charge in [-0.15, -0.1) is 5.10 Å². The fourth-order valence-corrected chi connectivity index (χ4v) is 2.20. The molecule has 2 N–H and O–H groups in total. The molecule has 0 spiro atoms. The lowest BCUT2D eigenvalue weighted by atomic mass is 9.96. The van der Waals surface area contributed by atoms with E-state index in [4.69, 9.17) is 4.42 Å². The summed E-state index contributed by atoms with van der Waals surface area (Å²) >= 11 is 0. The second-order valence-electron chi connectivity index (χ2n) is 5.38. The monoisotopic (exact) mass is 268 g/mol. The van der Waals surface area contributed by atoms with Crippen molar-refractivity contribution in [3.05, 3.63) is 5.89 Å². The minimum absolute atomic E-state index is 0.0647. The predicted octanol–water partition coefficient (Wildman–Crippen LogP) is 1.34. The molecule has 0 bridgehead atoms. The molecule has 0 radical (unpaired) electrons. The maximum absolute atomic E-state index is 9.90. The maximum Gasteiger partial charge on any atom is 0.318 e. The van der Waals surface area contributed by atoms with E-state index in [0.717, 1.165) is 25.9 Å². The Kier molecular flexibility index (Phi) is 4.76. The van der Waals surface area contributed by atoms with Gasteiger partial charge in [0.25, 0.3) is 0 Å². The minimum atomic E-state index is -0.320. The fraction of sp³-hybridized carbons (Fsp3) is 0.846. The Hall–Kier alpha value is -1.14. The number of rotatable bonds is 5. The van der Waals surface area contributed by atoms with E-state index in [1.165, 1.54) is 0 Å². The molecule has 3 atom stereocenters. The molecule has 1 saturated heterocycles. The third kappa shape index (κ3) is 3.45. The van der Waals surface area contributed by atoms with Crippen molar-refractivity contribution in [3.8, 4) is 0 Å². The van der Waals surface area contributed by atoms with E-state index >= 15 is 0 Å². The highest BCUT2D eigenvalue weighted by Gasteiger charge is 2.27. The van der Waals surface area contributed by atoms with Crippen LogP contribution in [0, 0.1) is 5.92 Å². The molecule has 0 saturated carbocycles. The second-order valence-corrected chi connectivity index (χ2v) is 5.38. The van der Waals surface area contributed by atoms with Crippen molar-refractivity contribution in [1.82, 2.24) is 15.5 Å². The molecule has 0 amide bonds. The second kappa shape index (κ2) is 6.34. The Morgan fingerprint density at radius 3 is 3.00 bits per heavy atom. The van der Waals surface area contributed by atoms with Crippen LogP contribution in [0.5, 0.6) is 0 Å². The van der Waals surface area contributed by atoms with E-state index in [-0.39, 0.29) is 12.1 Å². The van der Waals surface area contributed by atoms with Crippen LogP contribution in [-0.4, -0.2) is 41.0 Å². The average molecular weight is 268 g/mol. The van der Waals surface area contributed by atoms with E-state index in [1.807, 2.05) is 11.8 Å². The van der Waals surface area contributed by atoms with Crippen molar-refractivity contribution in [2.45, 2.75) is 45.8 Å². The van der Waals surface area contributed by atoms with E-state index in [0.29, 0.717) is 24.4 Å². The molecule has 6 nitrogen and oxygen atoms in total. The summed E-state index contributed by atoms with van der Waals surface area (Å²) in [4.78, 5) is 1.97. The molecule has 1 aromatic rings. The van der Waals surface area contributed by atoms with Gasteiger partial charge in [-0.1, -0.05) is 18.9 Å². The standard InChI is InChI=1S/C13H24N4O2/c1-4-6-14-10(3)12-15-16-13(19-12)17-7-5-9(2)11(18)8-17/h9-11,14,18H,4-8H2,1-3H3. The topological polar surface area (TPSA) is 74.4 Å². The fourth-order valence-electron chi connectivity index (χ4n) is 2.20. The first-order valence-electron chi connectivity index (χ1n) is 7.11. The van der Waals surface area contributed by atoms with E-state index in [1.54, 1.807) is 0 Å². The van der Waals surface area contributed by atoms with Gasteiger partial charge in [0.05, 0.1) is 12.1 Å². The van der Waals surface area contributed by atoms with Crippen molar-refractivity contribution < 1.29 is 9.52 Å². The number of β-amino-alcohol motifs (C(OH)–C–C–N with tert-alkyl or cyclic N) is 1. The molecule has 1 fully saturated rings. The van der Waals surface area contributed by atoms with Crippen molar-refractivity contribution in [3.63, 3.8) is 0 Å². The van der Waals surface area contributed by atoms with Gasteiger partial charge in [-0.3, -0.25) is 0 Å². The van der Waals surface area contributed by atoms with Crippen LogP contribution in [0.25, 0.3) is 0 Å². The van der Waals surface area contributed by atoms with Crippen molar-refractivity contribution in [2.75, 3.05) is 24.5 Å². The smallest absolute Gasteiger partial charge is 0.318 e. The highest BCUT2D eigenvalue weighted by Crippen LogP contribution is 2.23. The minimum Gasteiger partial charge on any atom is -0.406 e. The summed E-state index contributed by atoms with van der Waals surface area (Å²) < 4.78 is 5.70. The molecule has 2 heterocycles. The first-order valence-corrected chi connectivity index (χ1v) is 7.11. The molecule has 1 aliphatic rings. The van der Waals surface area contributed by atoms with E-state index in [9.17, 15) is 5.11 Å². The van der Waals surface area contributed by atoms with Gasteiger partial charge < -0.3 is 19.7 Å². The SMILES string of the molecule is CCCNC(C)c1nnc(N2CCC(C)C(O)C2)o1. The summed E-state index contributed by atoms with van der Waals surface area (Å²) in [5, 5.41) is 21.4. The molecule has 1 aromatic heterocycles. The largest absolute Gasteiger partial charge is 0.406 e. The Balaban J connectivity index is 1.97. The normalized spacial score (nSPS) is 25.6. The van der Waals surface area contributed by atoms with Crippen LogP contribution in [0.3, 0.4) is 0 Å². The maximum atomic E-state index is 9.90. The number of nitrogens with one attached hydrogen (secondary N) is 1. The number of piperidine rings is 1. The van der Waals surface area contributed by atoms with E-state index < -0.39 is 0 Å². The number of nitrogens with zero attached hydrogens (tertiary/aromatic N) is 3. The predicted molar refractivity (Wildman–Crippen MR) is 73.0 cm³/mol. The zero-order chi connectivity index (χ0) is 13.8. The van der Waals surface area contributed by atoms with Crippen LogP contribution in [0.2, 0.25) is 0 Å². The summed E-state index contributed by atoms with van der Waals surface area (Å²) in [6.45, 7) is 8.56. The van der Waals surface area contributed by atoms with Crippen LogP contribution in [0.4, 0.5) is 6.01 Å². The summed E-state index contributed by atoms with van der Waals surface area (Å²) in [7, 11) is 0. The summed E-state index contributed by atoms with van der Waals surface area (Å²) in [6.07, 6.45) is 1.70. The number of hydrogen-bond donors (Lipinski definition) is 2. The Bertz CT molecular complexity index is 396. The molecule has 108 valence electrons. The molecular formula is C13H24N4O2. The number of hydrogen-bond acceptors (Lipinski definition) is 6. The van der Waals surface area contributed by atoms with Crippen molar-refractivity contribution in [2.24, 2.45) is 5.92 Å². The molecule has 6 heteroatoms. The van der Waals surface area contributed by atoms with Gasteiger partial charge >= 0.3 is 6.01 Å². The summed E-state index contributed by atoms with van der Waals surface area (Å²) in [5.41, 5.74) is 0. The molecule has 0 aromatic carbocycles. The number of aliphatic hydroxyl groups excluding tert-OH is 1. The zero-order valence-electron chi connectivity index (χ0n) is 12.0. The first kappa shape index (κ1) is 14.3. The first-order chi connectivity index (χ1) is 9.11. The van der Waals surface area contributed by atoms with Gasteiger partial charge in [-0.25, -0.2) is 0 Å². The Labute approximate surface area is 114 Å². The molecular weight excluding hydrogens is 244 g/mol. The van der Waals surface area contributed by atoms with Gasteiger partial charge in [0.2, 0.25) is 5.89 Å². The molecule has 2 rings (SSSR count). The van der Waals surface area contributed by atoms with Gasteiger partial charge in [0.15, 0.2) is 0 Å². The van der Waals surface area contributed by atoms with Crippen LogP contribution < -0.4 is 10.2 Å². The van der Waals surface area contributed by atoms with Crippen LogP contribution in [0.1, 0.15) is 45.5 Å². The summed E-state index contributed by atoms with van der Waals surface area (Å²) in [5.74, 6) is 0.945. The highest BCUT2D eigenvalue weighted by molar-refractivity contribution is 5.26. The third-order valence-corrected chi connectivity index (χ3v) is 3.69. The number of aliphatic hydroxyl groups is 1. The van der Waals surface area contributed by atoms with Crippen molar-refractivity contribution >= 4 is 6.01 Å². The Morgan fingerprint density at radius 2 is 2.32 bits per heavy atom. The van der Waals surface area contributed by atoms with Gasteiger partial charge in [-0.2, -0.15) is 0 Å². The lowest BCUT2D eigenvalue weighted by Crippen LogP contribution is -2.43. The molecule has 19 heavy (non-hydrogen) atoms. The molecule has 3 unspecified atom stereocenters. The highest BCUT2D eigenvalue weighted by atomic mass is 16.4. The summed E-state index contributed by atoms with van der Waals surface area (Å²) in [6, 6.07) is 0.584. The molecule has 1 aliphatic heterocycles. The average Bonchev–Trinajstić information content (AvgIpc) is 2.89.